The molecule has 1 rings (SSSR count). The maximum atomic E-state index is 10.8. The van der Waals surface area contributed by atoms with Crippen LogP contribution in [0.5, 0.6) is 0 Å². The molecule has 4 N–H and O–H groups in total. The standard InChI is InChI=1S/C10H17N3O2S/c1-8-3-4-10(9(11)7-8)12-5-6-13-16(2,14)15/h3-4,7,12-13H,5-6,11H2,1-2H3. The minimum absolute atomic E-state index is 0.339. The minimum Gasteiger partial charge on any atom is -0.397 e. The van der Waals surface area contributed by atoms with Gasteiger partial charge in [0.2, 0.25) is 10.0 Å². The topological polar surface area (TPSA) is 84.2 Å². The van der Waals surface area contributed by atoms with Crippen molar-refractivity contribution in [1.29, 1.82) is 0 Å². The average Bonchev–Trinajstić information content (AvgIpc) is 2.13. The quantitative estimate of drug-likeness (QED) is 0.520. The molecule has 0 radical (unpaired) electrons. The molecule has 0 amide bonds. The van der Waals surface area contributed by atoms with Gasteiger partial charge in [-0.3, -0.25) is 0 Å². The number of nitrogens with one attached hydrogen (secondary N) is 2. The zero-order valence-electron chi connectivity index (χ0n) is 9.45. The Morgan fingerprint density at radius 3 is 2.56 bits per heavy atom. The summed E-state index contributed by atoms with van der Waals surface area (Å²) in [4.78, 5) is 0. The van der Waals surface area contributed by atoms with Crippen molar-refractivity contribution in [3.63, 3.8) is 0 Å². The van der Waals surface area contributed by atoms with E-state index in [0.29, 0.717) is 18.8 Å². The largest absolute Gasteiger partial charge is 0.397 e. The van der Waals surface area contributed by atoms with Crippen LogP contribution in [0.2, 0.25) is 0 Å². The van der Waals surface area contributed by atoms with Gasteiger partial charge in [0.15, 0.2) is 0 Å². The number of nitrogens with two attached hydrogens (primary N) is 1. The number of hydrogen-bond acceptors (Lipinski definition) is 4. The third kappa shape index (κ3) is 4.50. The number of nitrogen functional groups attached to an aromatic ring is 1. The summed E-state index contributed by atoms with van der Waals surface area (Å²) in [7, 11) is -3.12. The lowest BCUT2D eigenvalue weighted by Gasteiger charge is -2.09. The third-order valence-electron chi connectivity index (χ3n) is 2.01. The van der Waals surface area contributed by atoms with E-state index in [4.69, 9.17) is 5.73 Å². The van der Waals surface area contributed by atoms with E-state index in [0.717, 1.165) is 17.5 Å². The lowest BCUT2D eigenvalue weighted by Crippen LogP contribution is -2.27. The molecular formula is C10H17N3O2S. The highest BCUT2D eigenvalue weighted by Crippen LogP contribution is 2.18. The first-order chi connectivity index (χ1) is 7.38. The van der Waals surface area contributed by atoms with Gasteiger partial charge in [0.25, 0.3) is 0 Å². The van der Waals surface area contributed by atoms with E-state index < -0.39 is 10.0 Å². The van der Waals surface area contributed by atoms with Crippen LogP contribution >= 0.6 is 0 Å². The summed E-state index contributed by atoms with van der Waals surface area (Å²) in [5, 5.41) is 3.06. The summed E-state index contributed by atoms with van der Waals surface area (Å²) in [5.74, 6) is 0. The van der Waals surface area contributed by atoms with Crippen molar-refractivity contribution in [2.24, 2.45) is 0 Å². The van der Waals surface area contributed by atoms with E-state index in [1.165, 1.54) is 0 Å². The molecule has 0 spiro atoms. The van der Waals surface area contributed by atoms with E-state index >= 15 is 0 Å². The Labute approximate surface area is 96.1 Å². The zero-order valence-corrected chi connectivity index (χ0v) is 10.3. The van der Waals surface area contributed by atoms with Crippen molar-refractivity contribution < 1.29 is 8.42 Å². The van der Waals surface area contributed by atoms with Gasteiger partial charge in [-0.15, -0.1) is 0 Å². The number of rotatable bonds is 5. The van der Waals surface area contributed by atoms with Gasteiger partial charge in [-0.05, 0) is 24.6 Å². The molecule has 6 heteroatoms. The van der Waals surface area contributed by atoms with Gasteiger partial charge in [-0.2, -0.15) is 0 Å². The highest BCUT2D eigenvalue weighted by atomic mass is 32.2. The maximum Gasteiger partial charge on any atom is 0.208 e. The number of anilines is 2. The van der Waals surface area contributed by atoms with Crippen LogP contribution in [0.1, 0.15) is 5.56 Å². The van der Waals surface area contributed by atoms with E-state index in [1.807, 2.05) is 25.1 Å². The molecule has 0 aliphatic rings. The highest BCUT2D eigenvalue weighted by molar-refractivity contribution is 7.88. The predicted octanol–water partition coefficient (Wildman–Crippen LogP) is 0.538. The van der Waals surface area contributed by atoms with Crippen LogP contribution in [0.15, 0.2) is 18.2 Å². The fourth-order valence-corrected chi connectivity index (χ4v) is 1.75. The number of hydrogen-bond donors (Lipinski definition) is 3. The second-order valence-electron chi connectivity index (χ2n) is 3.68. The van der Waals surface area contributed by atoms with Gasteiger partial charge in [0, 0.05) is 13.1 Å². The highest BCUT2D eigenvalue weighted by Gasteiger charge is 2.00. The molecule has 0 heterocycles. The summed E-state index contributed by atoms with van der Waals surface area (Å²) >= 11 is 0. The van der Waals surface area contributed by atoms with Gasteiger partial charge in [-0.1, -0.05) is 6.07 Å². The zero-order chi connectivity index (χ0) is 12.2. The smallest absolute Gasteiger partial charge is 0.208 e. The molecule has 0 saturated heterocycles. The lowest BCUT2D eigenvalue weighted by atomic mass is 10.2. The Bertz CT molecular complexity index is 457. The fraction of sp³-hybridized carbons (Fsp3) is 0.400. The average molecular weight is 243 g/mol. The van der Waals surface area contributed by atoms with E-state index in [9.17, 15) is 8.42 Å². The van der Waals surface area contributed by atoms with Gasteiger partial charge in [-0.25, -0.2) is 13.1 Å². The van der Waals surface area contributed by atoms with Crippen molar-refractivity contribution >= 4 is 21.4 Å². The first-order valence-corrected chi connectivity index (χ1v) is 6.82. The summed E-state index contributed by atoms with van der Waals surface area (Å²) in [6, 6.07) is 5.69. The molecule has 0 bridgehead atoms. The Morgan fingerprint density at radius 1 is 1.31 bits per heavy atom. The van der Waals surface area contributed by atoms with Crippen molar-refractivity contribution in [1.82, 2.24) is 4.72 Å². The monoisotopic (exact) mass is 243 g/mol. The van der Waals surface area contributed by atoms with Gasteiger partial charge < -0.3 is 11.1 Å². The summed E-state index contributed by atoms with van der Waals surface area (Å²) in [5.41, 5.74) is 8.37. The van der Waals surface area contributed by atoms with Crippen molar-refractivity contribution in [2.75, 3.05) is 30.4 Å². The summed E-state index contributed by atoms with van der Waals surface area (Å²) in [6.45, 7) is 2.80. The van der Waals surface area contributed by atoms with Crippen molar-refractivity contribution in [2.45, 2.75) is 6.92 Å². The third-order valence-corrected chi connectivity index (χ3v) is 2.74. The van der Waals surface area contributed by atoms with Gasteiger partial charge in [0.1, 0.15) is 0 Å². The Kier molecular flexibility index (Phi) is 4.14. The minimum atomic E-state index is -3.12. The normalized spacial score (nSPS) is 11.4. The van der Waals surface area contributed by atoms with E-state index in [-0.39, 0.29) is 0 Å². The first kappa shape index (κ1) is 12.8. The molecule has 0 aliphatic heterocycles. The molecule has 5 nitrogen and oxygen atoms in total. The second-order valence-corrected chi connectivity index (χ2v) is 5.52. The number of aryl methyl sites for hydroxylation is 1. The molecule has 16 heavy (non-hydrogen) atoms. The fourth-order valence-electron chi connectivity index (χ4n) is 1.28. The van der Waals surface area contributed by atoms with E-state index in [1.54, 1.807) is 0 Å². The Hall–Kier alpha value is -1.27. The lowest BCUT2D eigenvalue weighted by molar-refractivity contribution is 0.589. The van der Waals surface area contributed by atoms with E-state index in [2.05, 4.69) is 10.0 Å². The van der Waals surface area contributed by atoms with Gasteiger partial charge >= 0.3 is 0 Å². The maximum absolute atomic E-state index is 10.8. The van der Waals surface area contributed by atoms with Crippen LogP contribution < -0.4 is 15.8 Å². The van der Waals surface area contributed by atoms with Crippen LogP contribution in [-0.2, 0) is 10.0 Å². The van der Waals surface area contributed by atoms with Gasteiger partial charge in [0.05, 0.1) is 17.6 Å². The predicted molar refractivity (Wildman–Crippen MR) is 66.9 cm³/mol. The molecule has 90 valence electrons. The van der Waals surface area contributed by atoms with Crippen LogP contribution in [0.25, 0.3) is 0 Å². The SMILES string of the molecule is Cc1ccc(NCCNS(C)(=O)=O)c(N)c1. The van der Waals surface area contributed by atoms with Crippen LogP contribution in [0.3, 0.4) is 0 Å². The summed E-state index contributed by atoms with van der Waals surface area (Å²) in [6.07, 6.45) is 1.13. The molecule has 0 saturated carbocycles. The second kappa shape index (κ2) is 5.18. The number of sulfonamides is 1. The number of benzene rings is 1. The first-order valence-electron chi connectivity index (χ1n) is 4.93. The molecule has 1 aromatic carbocycles. The van der Waals surface area contributed by atoms with Crippen LogP contribution in [0.4, 0.5) is 11.4 Å². The molecule has 0 atom stereocenters. The molecule has 0 aliphatic carbocycles. The Morgan fingerprint density at radius 2 is 2.00 bits per heavy atom. The van der Waals surface area contributed by atoms with Crippen LogP contribution in [-0.4, -0.2) is 27.8 Å². The molecular weight excluding hydrogens is 226 g/mol. The van der Waals surface area contributed by atoms with Crippen molar-refractivity contribution in [3.05, 3.63) is 23.8 Å². The summed E-state index contributed by atoms with van der Waals surface area (Å²) < 4.78 is 24.0. The van der Waals surface area contributed by atoms with Crippen molar-refractivity contribution in [3.8, 4) is 0 Å². The molecule has 0 unspecified atom stereocenters. The molecule has 0 aromatic heterocycles. The molecule has 0 fully saturated rings. The Balaban J connectivity index is 2.43. The molecule has 1 aromatic rings. The van der Waals surface area contributed by atoms with Crippen LogP contribution in [0, 0.1) is 6.92 Å².